The maximum atomic E-state index is 11.7. The number of aryl methyl sites for hydroxylation is 1. The molecule has 0 fully saturated rings. The van der Waals surface area contributed by atoms with Gasteiger partial charge in [0, 0.05) is 32.8 Å². The monoisotopic (exact) mass is 252 g/mol. The Labute approximate surface area is 109 Å². The summed E-state index contributed by atoms with van der Waals surface area (Å²) in [6.45, 7) is 7.53. The van der Waals surface area contributed by atoms with Gasteiger partial charge < -0.3 is 10.6 Å². The zero-order valence-corrected chi connectivity index (χ0v) is 11.7. The van der Waals surface area contributed by atoms with Gasteiger partial charge in [0.1, 0.15) is 0 Å². The minimum absolute atomic E-state index is 0.0599. The van der Waals surface area contributed by atoms with Crippen LogP contribution in [0.15, 0.2) is 12.3 Å². The van der Waals surface area contributed by atoms with Gasteiger partial charge in [-0.05, 0) is 18.9 Å². The highest BCUT2D eigenvalue weighted by Crippen LogP contribution is 1.95. The van der Waals surface area contributed by atoms with Crippen LogP contribution in [-0.4, -0.2) is 34.8 Å². The van der Waals surface area contributed by atoms with Gasteiger partial charge in [0.25, 0.3) is 0 Å². The Bertz CT molecular complexity index is 373. The summed E-state index contributed by atoms with van der Waals surface area (Å²) in [4.78, 5) is 11.7. The van der Waals surface area contributed by atoms with Crippen molar-refractivity contribution in [1.82, 2.24) is 20.4 Å². The molecule has 0 aliphatic carbocycles. The van der Waals surface area contributed by atoms with Crippen LogP contribution in [0.5, 0.6) is 0 Å². The van der Waals surface area contributed by atoms with Crippen LogP contribution in [0.2, 0.25) is 0 Å². The van der Waals surface area contributed by atoms with Crippen molar-refractivity contribution in [3.63, 3.8) is 0 Å². The lowest BCUT2D eigenvalue weighted by molar-refractivity contribution is -0.122. The number of amides is 1. The Kier molecular flexibility index (Phi) is 5.85. The maximum absolute atomic E-state index is 11.7. The molecule has 1 aromatic rings. The topological polar surface area (TPSA) is 59.0 Å². The van der Waals surface area contributed by atoms with E-state index in [0.29, 0.717) is 5.92 Å². The lowest BCUT2D eigenvalue weighted by atomic mass is 10.2. The minimum atomic E-state index is -0.160. The van der Waals surface area contributed by atoms with E-state index >= 15 is 0 Å². The largest absolute Gasteiger partial charge is 0.354 e. The van der Waals surface area contributed by atoms with E-state index in [1.165, 1.54) is 0 Å². The molecule has 1 aromatic heterocycles. The van der Waals surface area contributed by atoms with Gasteiger partial charge in [-0.3, -0.25) is 9.48 Å². The van der Waals surface area contributed by atoms with E-state index in [2.05, 4.69) is 29.6 Å². The molecule has 5 heteroatoms. The standard InChI is InChI=1S/C13H24N4O/c1-10(2)9-15-13(18)11(3)14-7-5-12-6-8-17(4)16-12/h6,8,10-11,14H,5,7,9H2,1-4H3,(H,15,18). The molecule has 0 aliphatic heterocycles. The van der Waals surface area contributed by atoms with Gasteiger partial charge in [0.2, 0.25) is 5.91 Å². The van der Waals surface area contributed by atoms with Gasteiger partial charge in [0.05, 0.1) is 11.7 Å². The van der Waals surface area contributed by atoms with Crippen LogP contribution >= 0.6 is 0 Å². The van der Waals surface area contributed by atoms with Gasteiger partial charge in [-0.1, -0.05) is 13.8 Å². The number of carbonyl (C=O) groups excluding carboxylic acids is 1. The van der Waals surface area contributed by atoms with E-state index in [-0.39, 0.29) is 11.9 Å². The Hall–Kier alpha value is -1.36. The lowest BCUT2D eigenvalue weighted by Gasteiger charge is -2.14. The van der Waals surface area contributed by atoms with Crippen LogP contribution in [0.3, 0.4) is 0 Å². The molecular formula is C13H24N4O. The summed E-state index contributed by atoms with van der Waals surface area (Å²) in [5.74, 6) is 0.541. The number of hydrogen-bond donors (Lipinski definition) is 2. The van der Waals surface area contributed by atoms with E-state index in [0.717, 1.165) is 25.2 Å². The molecule has 0 aromatic carbocycles. The zero-order chi connectivity index (χ0) is 13.5. The Morgan fingerprint density at radius 1 is 1.44 bits per heavy atom. The summed E-state index contributed by atoms with van der Waals surface area (Å²) < 4.78 is 1.79. The van der Waals surface area contributed by atoms with Gasteiger partial charge in [-0.15, -0.1) is 0 Å². The average molecular weight is 252 g/mol. The molecule has 1 heterocycles. The van der Waals surface area contributed by atoms with Crippen molar-refractivity contribution in [3.05, 3.63) is 18.0 Å². The Morgan fingerprint density at radius 3 is 2.72 bits per heavy atom. The normalized spacial score (nSPS) is 12.7. The summed E-state index contributed by atoms with van der Waals surface area (Å²) >= 11 is 0. The Balaban J connectivity index is 2.20. The second-order valence-electron chi connectivity index (χ2n) is 5.05. The third kappa shape index (κ3) is 5.31. The highest BCUT2D eigenvalue weighted by Gasteiger charge is 2.11. The van der Waals surface area contributed by atoms with E-state index in [4.69, 9.17) is 0 Å². The van der Waals surface area contributed by atoms with Crippen LogP contribution in [0.25, 0.3) is 0 Å². The first-order chi connectivity index (χ1) is 8.49. The van der Waals surface area contributed by atoms with Crippen molar-refractivity contribution in [3.8, 4) is 0 Å². The SMILES string of the molecule is CC(C)CNC(=O)C(C)NCCc1ccn(C)n1. The first-order valence-corrected chi connectivity index (χ1v) is 6.48. The average Bonchev–Trinajstić information content (AvgIpc) is 2.71. The van der Waals surface area contributed by atoms with Gasteiger partial charge in [-0.25, -0.2) is 0 Å². The summed E-state index contributed by atoms with van der Waals surface area (Å²) in [7, 11) is 1.90. The van der Waals surface area contributed by atoms with Crippen LogP contribution in [-0.2, 0) is 18.3 Å². The first-order valence-electron chi connectivity index (χ1n) is 6.48. The number of nitrogens with one attached hydrogen (secondary N) is 2. The molecule has 0 bridgehead atoms. The molecule has 102 valence electrons. The summed E-state index contributed by atoms with van der Waals surface area (Å²) in [6.07, 6.45) is 2.76. The van der Waals surface area contributed by atoms with E-state index in [1.807, 2.05) is 26.2 Å². The lowest BCUT2D eigenvalue weighted by Crippen LogP contribution is -2.43. The third-order valence-electron chi connectivity index (χ3n) is 2.68. The molecule has 1 amide bonds. The second kappa shape index (κ2) is 7.16. The van der Waals surface area contributed by atoms with Crippen molar-refractivity contribution >= 4 is 5.91 Å². The van der Waals surface area contributed by atoms with Crippen molar-refractivity contribution < 1.29 is 4.79 Å². The predicted octanol–water partition coefficient (Wildman–Crippen LogP) is 0.713. The predicted molar refractivity (Wildman–Crippen MR) is 72.2 cm³/mol. The molecule has 0 saturated heterocycles. The van der Waals surface area contributed by atoms with Crippen molar-refractivity contribution in [2.75, 3.05) is 13.1 Å². The van der Waals surface area contributed by atoms with E-state index in [9.17, 15) is 4.79 Å². The van der Waals surface area contributed by atoms with Gasteiger partial charge >= 0.3 is 0 Å². The third-order valence-corrected chi connectivity index (χ3v) is 2.68. The number of aromatic nitrogens is 2. The zero-order valence-electron chi connectivity index (χ0n) is 11.7. The Morgan fingerprint density at radius 2 is 2.17 bits per heavy atom. The maximum Gasteiger partial charge on any atom is 0.236 e. The molecule has 2 N–H and O–H groups in total. The summed E-state index contributed by atoms with van der Waals surface area (Å²) in [5, 5.41) is 10.4. The van der Waals surface area contributed by atoms with Crippen molar-refractivity contribution in [2.24, 2.45) is 13.0 Å². The molecule has 0 radical (unpaired) electrons. The van der Waals surface area contributed by atoms with Gasteiger partial charge in [0.15, 0.2) is 0 Å². The number of carbonyl (C=O) groups is 1. The fraction of sp³-hybridized carbons (Fsp3) is 0.692. The summed E-state index contributed by atoms with van der Waals surface area (Å²) in [5.41, 5.74) is 1.04. The van der Waals surface area contributed by atoms with Crippen molar-refractivity contribution in [2.45, 2.75) is 33.2 Å². The van der Waals surface area contributed by atoms with Crippen LogP contribution in [0, 0.1) is 5.92 Å². The van der Waals surface area contributed by atoms with Crippen molar-refractivity contribution in [1.29, 1.82) is 0 Å². The molecule has 1 atom stereocenters. The molecule has 0 saturated carbocycles. The minimum Gasteiger partial charge on any atom is -0.354 e. The molecule has 5 nitrogen and oxygen atoms in total. The molecule has 0 aliphatic rings. The number of hydrogen-bond acceptors (Lipinski definition) is 3. The molecular weight excluding hydrogens is 228 g/mol. The van der Waals surface area contributed by atoms with Crippen LogP contribution in [0.1, 0.15) is 26.5 Å². The molecule has 18 heavy (non-hydrogen) atoms. The highest BCUT2D eigenvalue weighted by atomic mass is 16.2. The first kappa shape index (κ1) is 14.7. The molecule has 1 unspecified atom stereocenters. The van der Waals surface area contributed by atoms with Gasteiger partial charge in [-0.2, -0.15) is 5.10 Å². The highest BCUT2D eigenvalue weighted by molar-refractivity contribution is 5.81. The second-order valence-corrected chi connectivity index (χ2v) is 5.05. The fourth-order valence-electron chi connectivity index (χ4n) is 1.56. The van der Waals surface area contributed by atoms with E-state index < -0.39 is 0 Å². The smallest absolute Gasteiger partial charge is 0.236 e. The number of nitrogens with zero attached hydrogens (tertiary/aromatic N) is 2. The summed E-state index contributed by atoms with van der Waals surface area (Å²) in [6, 6.07) is 1.83. The quantitative estimate of drug-likeness (QED) is 0.751. The van der Waals surface area contributed by atoms with E-state index in [1.54, 1.807) is 4.68 Å². The van der Waals surface area contributed by atoms with Crippen LogP contribution in [0.4, 0.5) is 0 Å². The molecule has 0 spiro atoms. The number of rotatable bonds is 7. The molecule has 1 rings (SSSR count). The van der Waals surface area contributed by atoms with Crippen LogP contribution < -0.4 is 10.6 Å². The fourth-order valence-corrected chi connectivity index (χ4v) is 1.56.